The van der Waals surface area contributed by atoms with Crippen molar-refractivity contribution in [2.75, 3.05) is 40.0 Å². The van der Waals surface area contributed by atoms with E-state index in [1.54, 1.807) is 7.11 Å². The molecule has 1 aliphatic heterocycles. The van der Waals surface area contributed by atoms with E-state index in [2.05, 4.69) is 25.7 Å². The van der Waals surface area contributed by atoms with E-state index in [0.29, 0.717) is 0 Å². The van der Waals surface area contributed by atoms with Gasteiger partial charge in [0.2, 0.25) is 0 Å². The van der Waals surface area contributed by atoms with Gasteiger partial charge in [0.25, 0.3) is 0 Å². The predicted molar refractivity (Wildman–Crippen MR) is 105 cm³/mol. The number of hydrogen-bond donors (Lipinski definition) is 0. The summed E-state index contributed by atoms with van der Waals surface area (Å²) in [7, 11) is 1.77. The molecule has 0 amide bonds. The molecule has 2 rings (SSSR count). The Labute approximate surface area is 156 Å². The molecule has 0 radical (unpaired) electrons. The highest BCUT2D eigenvalue weighted by molar-refractivity contribution is 4.86. The van der Waals surface area contributed by atoms with Crippen molar-refractivity contribution in [3.05, 3.63) is 0 Å². The first-order valence-electron chi connectivity index (χ1n) is 10.6. The van der Waals surface area contributed by atoms with E-state index < -0.39 is 0 Å². The van der Waals surface area contributed by atoms with Gasteiger partial charge in [-0.15, -0.1) is 0 Å². The molecule has 0 aromatic carbocycles. The Kier molecular flexibility index (Phi) is 11.2. The molecule has 25 heavy (non-hydrogen) atoms. The van der Waals surface area contributed by atoms with Crippen LogP contribution in [-0.4, -0.2) is 56.7 Å². The lowest BCUT2D eigenvalue weighted by Gasteiger charge is -2.37. The van der Waals surface area contributed by atoms with E-state index in [9.17, 15) is 0 Å². The van der Waals surface area contributed by atoms with Crippen molar-refractivity contribution in [2.45, 2.75) is 85.0 Å². The number of methoxy groups -OCH3 is 1. The average molecular weight is 358 g/mol. The Morgan fingerprint density at radius 3 is 2.36 bits per heavy atom. The summed E-state index contributed by atoms with van der Waals surface area (Å²) in [6.45, 7) is 15.7. The third-order valence-corrected chi connectivity index (χ3v) is 5.57. The van der Waals surface area contributed by atoms with Gasteiger partial charge < -0.3 is 19.1 Å². The second-order valence-electron chi connectivity index (χ2n) is 7.67. The molecule has 1 aliphatic carbocycles. The van der Waals surface area contributed by atoms with E-state index in [0.717, 1.165) is 63.9 Å². The first kappa shape index (κ1) is 22.9. The van der Waals surface area contributed by atoms with Gasteiger partial charge in [-0.2, -0.15) is 0 Å². The molecule has 0 bridgehead atoms. The molecule has 4 nitrogen and oxygen atoms in total. The number of ether oxygens (including phenoxy) is 3. The van der Waals surface area contributed by atoms with Crippen LogP contribution in [-0.2, 0) is 14.2 Å². The molecule has 2 aliphatic rings. The van der Waals surface area contributed by atoms with Crippen LogP contribution in [0.25, 0.3) is 0 Å². The second-order valence-corrected chi connectivity index (χ2v) is 7.67. The molecule has 4 heteroatoms. The van der Waals surface area contributed by atoms with Crippen LogP contribution in [0.15, 0.2) is 0 Å². The first-order valence-corrected chi connectivity index (χ1v) is 10.6. The van der Waals surface area contributed by atoms with Gasteiger partial charge in [-0.25, -0.2) is 0 Å². The summed E-state index contributed by atoms with van der Waals surface area (Å²) in [6.07, 6.45) is 7.18. The minimum atomic E-state index is -0.252. The van der Waals surface area contributed by atoms with Crippen LogP contribution in [0.4, 0.5) is 0 Å². The molecule has 0 aromatic heterocycles. The Hall–Kier alpha value is -0.160. The third kappa shape index (κ3) is 7.54. The molecule has 150 valence electrons. The molecule has 1 unspecified atom stereocenters. The summed E-state index contributed by atoms with van der Waals surface area (Å²) in [5.41, 5.74) is 0. The van der Waals surface area contributed by atoms with Crippen molar-refractivity contribution in [3.8, 4) is 0 Å². The highest BCUT2D eigenvalue weighted by Gasteiger charge is 2.44. The van der Waals surface area contributed by atoms with E-state index in [-0.39, 0.29) is 11.9 Å². The number of rotatable bonds is 9. The maximum absolute atomic E-state index is 6.37. The number of nitrogens with zero attached hydrogens (tertiary/aromatic N) is 1. The largest absolute Gasteiger partial charge is 0.383 e. The molecule has 1 saturated heterocycles. The van der Waals surface area contributed by atoms with E-state index in [1.807, 2.05) is 13.8 Å². The topological polar surface area (TPSA) is 30.9 Å². The highest BCUT2D eigenvalue weighted by Crippen LogP contribution is 2.42. The fourth-order valence-electron chi connectivity index (χ4n) is 3.97. The van der Waals surface area contributed by atoms with E-state index >= 15 is 0 Å². The fraction of sp³-hybridized carbons (Fsp3) is 1.00. The lowest BCUT2D eigenvalue weighted by molar-refractivity contribution is -0.194. The molecular weight excluding hydrogens is 314 g/mol. The van der Waals surface area contributed by atoms with Gasteiger partial charge in [-0.1, -0.05) is 34.6 Å². The minimum absolute atomic E-state index is 0.252. The zero-order valence-corrected chi connectivity index (χ0v) is 17.7. The van der Waals surface area contributed by atoms with E-state index in [1.165, 1.54) is 19.3 Å². The van der Waals surface area contributed by atoms with Gasteiger partial charge in [0.15, 0.2) is 5.79 Å². The lowest BCUT2D eigenvalue weighted by Crippen LogP contribution is -2.37. The van der Waals surface area contributed by atoms with Crippen LogP contribution in [0.1, 0.15) is 73.1 Å². The number of hydrogen-bond acceptors (Lipinski definition) is 4. The fourth-order valence-corrected chi connectivity index (χ4v) is 3.97. The van der Waals surface area contributed by atoms with Gasteiger partial charge in [0.05, 0.1) is 19.3 Å². The zero-order valence-electron chi connectivity index (χ0n) is 17.7. The monoisotopic (exact) mass is 357 g/mol. The lowest BCUT2D eigenvalue weighted by atomic mass is 9.79. The Morgan fingerprint density at radius 1 is 1.12 bits per heavy atom. The van der Waals surface area contributed by atoms with Gasteiger partial charge in [-0.05, 0) is 44.1 Å². The van der Waals surface area contributed by atoms with Crippen LogP contribution in [0.3, 0.4) is 0 Å². The van der Waals surface area contributed by atoms with Crippen molar-refractivity contribution < 1.29 is 14.2 Å². The van der Waals surface area contributed by atoms with Gasteiger partial charge >= 0.3 is 0 Å². The van der Waals surface area contributed by atoms with Crippen molar-refractivity contribution in [3.63, 3.8) is 0 Å². The molecule has 0 N–H and O–H groups in total. The van der Waals surface area contributed by atoms with Crippen molar-refractivity contribution in [2.24, 2.45) is 11.8 Å². The Bertz CT molecular complexity index is 327. The normalized spacial score (nSPS) is 29.3. The minimum Gasteiger partial charge on any atom is -0.383 e. The van der Waals surface area contributed by atoms with E-state index in [4.69, 9.17) is 14.2 Å². The SMILES string of the molecule is CC.CCCN(CCOC)CCC1COC2(CCC(C(C)C)CC2)O1. The Morgan fingerprint density at radius 2 is 1.80 bits per heavy atom. The predicted octanol–water partition coefficient (Wildman–Crippen LogP) is 4.72. The maximum Gasteiger partial charge on any atom is 0.168 e. The van der Waals surface area contributed by atoms with Crippen molar-refractivity contribution in [1.29, 1.82) is 0 Å². The summed E-state index contributed by atoms with van der Waals surface area (Å²) >= 11 is 0. The van der Waals surface area contributed by atoms with Crippen molar-refractivity contribution >= 4 is 0 Å². The van der Waals surface area contributed by atoms with Crippen LogP contribution in [0, 0.1) is 11.8 Å². The maximum atomic E-state index is 6.37. The quantitative estimate of drug-likeness (QED) is 0.597. The first-order chi connectivity index (χ1) is 12.1. The van der Waals surface area contributed by atoms with Crippen LogP contribution in [0.2, 0.25) is 0 Å². The van der Waals surface area contributed by atoms with Crippen LogP contribution >= 0.6 is 0 Å². The Balaban J connectivity index is 0.00000151. The van der Waals surface area contributed by atoms with Crippen LogP contribution in [0.5, 0.6) is 0 Å². The summed E-state index contributed by atoms with van der Waals surface area (Å²) in [5.74, 6) is 1.38. The summed E-state index contributed by atoms with van der Waals surface area (Å²) in [5, 5.41) is 0. The smallest absolute Gasteiger partial charge is 0.168 e. The molecule has 1 spiro atoms. The molecule has 2 fully saturated rings. The molecule has 0 aromatic rings. The summed E-state index contributed by atoms with van der Waals surface area (Å²) in [4.78, 5) is 2.48. The molecule has 1 atom stereocenters. The van der Waals surface area contributed by atoms with Gasteiger partial charge in [0.1, 0.15) is 0 Å². The summed E-state index contributed by atoms with van der Waals surface area (Å²) < 4.78 is 17.7. The van der Waals surface area contributed by atoms with Crippen molar-refractivity contribution in [1.82, 2.24) is 4.90 Å². The standard InChI is InChI=1S/C19H37NO3.C2H6/c1-5-11-20(13-14-21-4)12-8-18-15-22-19(23-18)9-6-17(7-10-19)16(2)3;1-2/h16-18H,5-15H2,1-4H3;1-2H3. The molecular formula is C21H43NO3. The average Bonchev–Trinajstić information content (AvgIpc) is 3.02. The van der Waals surface area contributed by atoms with Gasteiger partial charge in [-0.3, -0.25) is 0 Å². The molecule has 1 heterocycles. The van der Waals surface area contributed by atoms with Crippen LogP contribution < -0.4 is 0 Å². The second kappa shape index (κ2) is 12.3. The highest BCUT2D eigenvalue weighted by atomic mass is 16.7. The summed E-state index contributed by atoms with van der Waals surface area (Å²) in [6, 6.07) is 0. The van der Waals surface area contributed by atoms with Gasteiger partial charge in [0, 0.05) is 33.0 Å². The molecule has 1 saturated carbocycles. The zero-order chi connectivity index (χ0) is 18.7. The third-order valence-electron chi connectivity index (χ3n) is 5.57.